The second kappa shape index (κ2) is 8.47. The topological polar surface area (TPSA) is 62.6 Å². The molecule has 29 heavy (non-hydrogen) atoms. The van der Waals surface area contributed by atoms with Crippen LogP contribution in [0.25, 0.3) is 0 Å². The highest BCUT2D eigenvalue weighted by molar-refractivity contribution is 9.10. The predicted molar refractivity (Wildman–Crippen MR) is 118 cm³/mol. The van der Waals surface area contributed by atoms with Crippen LogP contribution in [0.2, 0.25) is 0 Å². The summed E-state index contributed by atoms with van der Waals surface area (Å²) in [5, 5.41) is 2.83. The molecular formula is C22H19BrN2O3S. The van der Waals surface area contributed by atoms with Gasteiger partial charge in [-0.1, -0.05) is 28.1 Å². The molecule has 3 aromatic rings. The molecule has 0 bridgehead atoms. The Kier molecular flexibility index (Phi) is 5.78. The zero-order chi connectivity index (χ0) is 20.4. The van der Waals surface area contributed by atoms with Crippen LogP contribution in [0, 0.1) is 6.92 Å². The molecule has 2 heterocycles. The first-order valence-corrected chi connectivity index (χ1v) is 11.0. The van der Waals surface area contributed by atoms with Crippen LogP contribution >= 0.6 is 27.7 Å². The van der Waals surface area contributed by atoms with Crippen molar-refractivity contribution in [2.45, 2.75) is 18.8 Å². The van der Waals surface area contributed by atoms with Gasteiger partial charge in [0.05, 0.1) is 18.6 Å². The minimum absolute atomic E-state index is 0.0844. The number of rotatable bonds is 5. The van der Waals surface area contributed by atoms with E-state index >= 15 is 0 Å². The Morgan fingerprint density at radius 3 is 2.72 bits per heavy atom. The minimum Gasteiger partial charge on any atom is -0.467 e. The van der Waals surface area contributed by atoms with Gasteiger partial charge in [0, 0.05) is 15.7 Å². The summed E-state index contributed by atoms with van der Waals surface area (Å²) in [6, 6.07) is 16.8. The Bertz CT molecular complexity index is 1030. The van der Waals surface area contributed by atoms with Crippen LogP contribution in [0.1, 0.15) is 32.6 Å². The molecule has 2 amide bonds. The number of halogens is 1. The van der Waals surface area contributed by atoms with Crippen molar-refractivity contribution in [2.24, 2.45) is 0 Å². The van der Waals surface area contributed by atoms with Gasteiger partial charge in [0.1, 0.15) is 11.1 Å². The van der Waals surface area contributed by atoms with Crippen LogP contribution in [0.4, 0.5) is 5.69 Å². The summed E-state index contributed by atoms with van der Waals surface area (Å²) in [5.74, 6) is 1.12. The molecule has 2 aromatic carbocycles. The van der Waals surface area contributed by atoms with E-state index in [1.54, 1.807) is 30.2 Å². The van der Waals surface area contributed by atoms with Crippen molar-refractivity contribution >= 4 is 45.2 Å². The van der Waals surface area contributed by atoms with Crippen LogP contribution < -0.4 is 5.32 Å². The van der Waals surface area contributed by atoms with E-state index in [0.29, 0.717) is 17.9 Å². The largest absolute Gasteiger partial charge is 0.467 e. The first-order chi connectivity index (χ1) is 14.0. The van der Waals surface area contributed by atoms with Gasteiger partial charge in [-0.25, -0.2) is 0 Å². The van der Waals surface area contributed by atoms with Crippen LogP contribution in [0.5, 0.6) is 0 Å². The number of nitrogens with one attached hydrogen (secondary N) is 1. The van der Waals surface area contributed by atoms with Crippen molar-refractivity contribution in [3.63, 3.8) is 0 Å². The zero-order valence-corrected chi connectivity index (χ0v) is 18.1. The first kappa shape index (κ1) is 19.8. The second-order valence-electron chi connectivity index (χ2n) is 6.80. The summed E-state index contributed by atoms with van der Waals surface area (Å²) < 4.78 is 6.39. The zero-order valence-electron chi connectivity index (χ0n) is 15.7. The number of carbonyl (C=O) groups excluding carboxylic acids is 2. The third-order valence-corrected chi connectivity index (χ3v) is 6.89. The molecule has 148 valence electrons. The number of anilines is 1. The Labute approximate surface area is 181 Å². The highest BCUT2D eigenvalue weighted by Crippen LogP contribution is 2.39. The lowest BCUT2D eigenvalue weighted by molar-refractivity contribution is -0.128. The second-order valence-corrected chi connectivity index (χ2v) is 8.73. The molecule has 1 fully saturated rings. The quantitative estimate of drug-likeness (QED) is 0.543. The third kappa shape index (κ3) is 4.41. The van der Waals surface area contributed by atoms with Gasteiger partial charge in [0.15, 0.2) is 0 Å². The SMILES string of the molecule is Cc1cc(NC(=O)c2ccc([C@@H]3SCC(=O)N3Cc3ccco3)cc2)ccc1Br. The van der Waals surface area contributed by atoms with Gasteiger partial charge in [-0.15, -0.1) is 11.8 Å². The molecule has 1 aliphatic heterocycles. The molecule has 1 atom stereocenters. The number of nitrogens with zero attached hydrogens (tertiary/aromatic N) is 1. The molecule has 0 radical (unpaired) electrons. The van der Waals surface area contributed by atoms with Crippen molar-refractivity contribution in [2.75, 3.05) is 11.1 Å². The summed E-state index contributed by atoms with van der Waals surface area (Å²) in [5.41, 5.74) is 3.36. The molecule has 7 heteroatoms. The molecule has 1 saturated heterocycles. The fourth-order valence-electron chi connectivity index (χ4n) is 3.20. The Morgan fingerprint density at radius 1 is 1.24 bits per heavy atom. The Hall–Kier alpha value is -2.51. The average Bonchev–Trinajstić information content (AvgIpc) is 3.36. The van der Waals surface area contributed by atoms with Crippen molar-refractivity contribution in [3.8, 4) is 0 Å². The van der Waals surface area contributed by atoms with E-state index in [2.05, 4.69) is 21.2 Å². The summed E-state index contributed by atoms with van der Waals surface area (Å²) in [4.78, 5) is 26.7. The Morgan fingerprint density at radius 2 is 2.03 bits per heavy atom. The van der Waals surface area contributed by atoms with Crippen LogP contribution in [-0.2, 0) is 11.3 Å². The average molecular weight is 471 g/mol. The van der Waals surface area contributed by atoms with Crippen LogP contribution in [0.15, 0.2) is 69.8 Å². The standard InChI is InChI=1S/C22H19BrN2O3S/c1-14-11-17(8-9-19(14)23)24-21(27)15-4-6-16(7-5-15)22-25(20(26)13-29-22)12-18-3-2-10-28-18/h2-11,22H,12-13H2,1H3,(H,24,27)/t22-/m0/s1. The number of hydrogen-bond acceptors (Lipinski definition) is 4. The predicted octanol–water partition coefficient (Wildman–Crippen LogP) is 5.38. The van der Waals surface area contributed by atoms with Gasteiger partial charge >= 0.3 is 0 Å². The third-order valence-electron chi connectivity index (χ3n) is 4.75. The molecule has 0 saturated carbocycles. The van der Waals surface area contributed by atoms with Gasteiger partial charge in [-0.3, -0.25) is 9.59 Å². The maximum absolute atomic E-state index is 12.6. The summed E-state index contributed by atoms with van der Waals surface area (Å²) in [7, 11) is 0. The molecule has 0 unspecified atom stereocenters. The lowest BCUT2D eigenvalue weighted by Crippen LogP contribution is -2.27. The normalized spacial score (nSPS) is 16.3. The van der Waals surface area contributed by atoms with Crippen LogP contribution in [0.3, 0.4) is 0 Å². The van der Waals surface area contributed by atoms with Gasteiger partial charge in [-0.2, -0.15) is 0 Å². The lowest BCUT2D eigenvalue weighted by Gasteiger charge is -2.23. The number of furan rings is 1. The Balaban J connectivity index is 1.47. The fraction of sp³-hybridized carbons (Fsp3) is 0.182. The van der Waals surface area contributed by atoms with Crippen LogP contribution in [-0.4, -0.2) is 22.5 Å². The summed E-state index contributed by atoms with van der Waals surface area (Å²) in [6.07, 6.45) is 1.61. The fourth-order valence-corrected chi connectivity index (χ4v) is 4.63. The molecular weight excluding hydrogens is 452 g/mol. The number of carbonyl (C=O) groups is 2. The smallest absolute Gasteiger partial charge is 0.255 e. The maximum atomic E-state index is 12.6. The molecule has 1 N–H and O–H groups in total. The first-order valence-electron chi connectivity index (χ1n) is 9.12. The highest BCUT2D eigenvalue weighted by atomic mass is 79.9. The van der Waals surface area contributed by atoms with E-state index in [1.165, 1.54) is 0 Å². The number of benzene rings is 2. The highest BCUT2D eigenvalue weighted by Gasteiger charge is 2.33. The van der Waals surface area contributed by atoms with Gasteiger partial charge in [-0.05, 0) is 60.5 Å². The van der Waals surface area contributed by atoms with E-state index in [1.807, 2.05) is 54.3 Å². The van der Waals surface area contributed by atoms with Gasteiger partial charge in [0.25, 0.3) is 5.91 Å². The van der Waals surface area contributed by atoms with E-state index in [9.17, 15) is 9.59 Å². The number of amides is 2. The molecule has 1 aromatic heterocycles. The van der Waals surface area contributed by atoms with Crippen molar-refractivity contribution < 1.29 is 14.0 Å². The molecule has 1 aliphatic rings. The number of thioether (sulfide) groups is 1. The number of aryl methyl sites for hydroxylation is 1. The summed E-state index contributed by atoms with van der Waals surface area (Å²) in [6.45, 7) is 2.41. The van der Waals surface area contributed by atoms with Crippen molar-refractivity contribution in [1.29, 1.82) is 0 Å². The molecule has 0 aliphatic carbocycles. The minimum atomic E-state index is -0.166. The maximum Gasteiger partial charge on any atom is 0.255 e. The summed E-state index contributed by atoms with van der Waals surface area (Å²) >= 11 is 5.04. The monoisotopic (exact) mass is 470 g/mol. The van der Waals surface area contributed by atoms with Gasteiger partial charge < -0.3 is 14.6 Å². The van der Waals surface area contributed by atoms with E-state index in [0.717, 1.165) is 27.0 Å². The molecule has 4 rings (SSSR count). The number of hydrogen-bond donors (Lipinski definition) is 1. The van der Waals surface area contributed by atoms with E-state index in [-0.39, 0.29) is 17.2 Å². The van der Waals surface area contributed by atoms with Gasteiger partial charge in [0.2, 0.25) is 5.91 Å². The van der Waals surface area contributed by atoms with E-state index in [4.69, 9.17) is 4.42 Å². The molecule has 5 nitrogen and oxygen atoms in total. The van der Waals surface area contributed by atoms with E-state index < -0.39 is 0 Å². The van der Waals surface area contributed by atoms with Crippen molar-refractivity contribution in [1.82, 2.24) is 4.90 Å². The molecule has 0 spiro atoms. The van der Waals surface area contributed by atoms with Crippen molar-refractivity contribution in [3.05, 3.63) is 87.8 Å². The lowest BCUT2D eigenvalue weighted by atomic mass is 10.1.